The van der Waals surface area contributed by atoms with Crippen molar-refractivity contribution in [1.82, 2.24) is 20.8 Å². The lowest BCUT2D eigenvalue weighted by Crippen LogP contribution is -2.31. The van der Waals surface area contributed by atoms with Crippen molar-refractivity contribution in [1.29, 1.82) is 0 Å². The molecule has 2 atom stereocenters. The standard InChI is InChI=1S/C14H24N4O2.ClH/c1-9(15-3)8-12-17-14(20-18-12)10(2)16-13(19)11-6-4-5-7-11;/h9-11,15H,4-8H2,1-3H3,(H,16,19);1H. The van der Waals surface area contributed by atoms with Crippen molar-refractivity contribution in [3.63, 3.8) is 0 Å². The molecule has 0 saturated heterocycles. The lowest BCUT2D eigenvalue weighted by Gasteiger charge is -2.13. The zero-order valence-corrected chi connectivity index (χ0v) is 13.7. The molecule has 0 aromatic carbocycles. The third-order valence-corrected chi connectivity index (χ3v) is 3.92. The van der Waals surface area contributed by atoms with Crippen LogP contribution in [0.15, 0.2) is 4.52 Å². The molecule has 1 aliphatic carbocycles. The van der Waals surface area contributed by atoms with E-state index in [0.717, 1.165) is 25.7 Å². The molecule has 1 heterocycles. The fourth-order valence-electron chi connectivity index (χ4n) is 2.48. The number of likely N-dealkylation sites (N-methyl/N-ethyl adjacent to an activating group) is 1. The van der Waals surface area contributed by atoms with Gasteiger partial charge in [0.2, 0.25) is 11.8 Å². The molecule has 1 aliphatic rings. The van der Waals surface area contributed by atoms with Crippen molar-refractivity contribution in [2.45, 2.75) is 58.0 Å². The highest BCUT2D eigenvalue weighted by molar-refractivity contribution is 5.85. The molecule has 1 aromatic heterocycles. The van der Waals surface area contributed by atoms with Gasteiger partial charge < -0.3 is 15.2 Å². The summed E-state index contributed by atoms with van der Waals surface area (Å²) in [7, 11) is 1.90. The topological polar surface area (TPSA) is 80.0 Å². The quantitative estimate of drug-likeness (QED) is 0.839. The van der Waals surface area contributed by atoms with E-state index in [-0.39, 0.29) is 30.3 Å². The Labute approximate surface area is 131 Å². The lowest BCUT2D eigenvalue weighted by atomic mass is 10.1. The normalized spacial score (nSPS) is 18.0. The van der Waals surface area contributed by atoms with Gasteiger partial charge in [-0.3, -0.25) is 4.79 Å². The predicted molar refractivity (Wildman–Crippen MR) is 82.3 cm³/mol. The van der Waals surface area contributed by atoms with E-state index in [2.05, 4.69) is 27.7 Å². The molecule has 0 bridgehead atoms. The van der Waals surface area contributed by atoms with Crippen LogP contribution in [0.3, 0.4) is 0 Å². The molecular formula is C14H25ClN4O2. The highest BCUT2D eigenvalue weighted by Gasteiger charge is 2.25. The highest BCUT2D eigenvalue weighted by Crippen LogP contribution is 2.25. The number of nitrogens with zero attached hydrogens (tertiary/aromatic N) is 2. The summed E-state index contributed by atoms with van der Waals surface area (Å²) < 4.78 is 5.23. The Morgan fingerprint density at radius 2 is 2.05 bits per heavy atom. The minimum absolute atomic E-state index is 0. The molecule has 120 valence electrons. The van der Waals surface area contributed by atoms with E-state index in [1.54, 1.807) is 0 Å². The Hall–Kier alpha value is -1.14. The smallest absolute Gasteiger partial charge is 0.248 e. The van der Waals surface area contributed by atoms with Crippen LogP contribution in [-0.2, 0) is 11.2 Å². The third kappa shape index (κ3) is 4.97. The summed E-state index contributed by atoms with van der Waals surface area (Å²) in [5.74, 6) is 1.42. The molecule has 2 N–H and O–H groups in total. The molecule has 1 aromatic rings. The first-order valence-corrected chi connectivity index (χ1v) is 7.40. The first-order valence-electron chi connectivity index (χ1n) is 7.40. The summed E-state index contributed by atoms with van der Waals surface area (Å²) >= 11 is 0. The van der Waals surface area contributed by atoms with Gasteiger partial charge in [-0.15, -0.1) is 12.4 Å². The van der Waals surface area contributed by atoms with Crippen LogP contribution in [0.4, 0.5) is 0 Å². The molecule has 0 radical (unpaired) electrons. The summed E-state index contributed by atoms with van der Waals surface area (Å²) in [5.41, 5.74) is 0. The molecule has 1 fully saturated rings. The van der Waals surface area contributed by atoms with Gasteiger partial charge in [-0.1, -0.05) is 18.0 Å². The fourth-order valence-corrected chi connectivity index (χ4v) is 2.48. The van der Waals surface area contributed by atoms with E-state index < -0.39 is 0 Å². The lowest BCUT2D eigenvalue weighted by molar-refractivity contribution is -0.125. The van der Waals surface area contributed by atoms with Crippen LogP contribution < -0.4 is 10.6 Å². The second-order valence-corrected chi connectivity index (χ2v) is 5.65. The second-order valence-electron chi connectivity index (χ2n) is 5.65. The molecular weight excluding hydrogens is 292 g/mol. The van der Waals surface area contributed by atoms with Gasteiger partial charge in [0.05, 0.1) is 0 Å². The van der Waals surface area contributed by atoms with Gasteiger partial charge in [0, 0.05) is 18.4 Å². The zero-order valence-electron chi connectivity index (χ0n) is 12.9. The SMILES string of the molecule is CNC(C)Cc1noc(C(C)NC(=O)C2CCCC2)n1.Cl. The highest BCUT2D eigenvalue weighted by atomic mass is 35.5. The Bertz CT molecular complexity index is 446. The molecule has 7 heteroatoms. The first kappa shape index (κ1) is 17.9. The van der Waals surface area contributed by atoms with Crippen LogP contribution in [0, 0.1) is 5.92 Å². The summed E-state index contributed by atoms with van der Waals surface area (Å²) in [6.07, 6.45) is 5.00. The molecule has 0 aliphatic heterocycles. The Morgan fingerprint density at radius 1 is 1.38 bits per heavy atom. The summed E-state index contributed by atoms with van der Waals surface area (Å²) in [6.45, 7) is 3.94. The van der Waals surface area contributed by atoms with Crippen LogP contribution in [0.5, 0.6) is 0 Å². The maximum Gasteiger partial charge on any atom is 0.248 e. The van der Waals surface area contributed by atoms with Crippen LogP contribution in [0.25, 0.3) is 0 Å². The number of aromatic nitrogens is 2. The van der Waals surface area contributed by atoms with Crippen molar-refractivity contribution in [2.24, 2.45) is 5.92 Å². The van der Waals surface area contributed by atoms with Gasteiger partial charge in [-0.25, -0.2) is 0 Å². The number of rotatable bonds is 6. The van der Waals surface area contributed by atoms with E-state index in [4.69, 9.17) is 4.52 Å². The summed E-state index contributed by atoms with van der Waals surface area (Å²) in [4.78, 5) is 16.4. The van der Waals surface area contributed by atoms with Crippen LogP contribution in [-0.4, -0.2) is 29.1 Å². The van der Waals surface area contributed by atoms with E-state index >= 15 is 0 Å². The van der Waals surface area contributed by atoms with Gasteiger partial charge in [0.1, 0.15) is 6.04 Å². The van der Waals surface area contributed by atoms with Crippen LogP contribution >= 0.6 is 12.4 Å². The number of halogens is 1. The third-order valence-electron chi connectivity index (χ3n) is 3.92. The maximum atomic E-state index is 12.0. The van der Waals surface area contributed by atoms with Crippen molar-refractivity contribution in [2.75, 3.05) is 7.05 Å². The maximum absolute atomic E-state index is 12.0. The van der Waals surface area contributed by atoms with Crippen molar-refractivity contribution in [3.8, 4) is 0 Å². The number of carbonyl (C=O) groups excluding carboxylic acids is 1. The van der Waals surface area contributed by atoms with Gasteiger partial charge >= 0.3 is 0 Å². The van der Waals surface area contributed by atoms with E-state index in [0.29, 0.717) is 24.2 Å². The molecule has 1 saturated carbocycles. The van der Waals surface area contributed by atoms with Crippen molar-refractivity contribution < 1.29 is 9.32 Å². The van der Waals surface area contributed by atoms with Gasteiger partial charge in [-0.2, -0.15) is 4.98 Å². The fraction of sp³-hybridized carbons (Fsp3) is 0.786. The average Bonchev–Trinajstić information content (AvgIpc) is 3.09. The van der Waals surface area contributed by atoms with Crippen LogP contribution in [0.2, 0.25) is 0 Å². The Morgan fingerprint density at radius 3 is 2.67 bits per heavy atom. The van der Waals surface area contributed by atoms with Gasteiger partial charge in [-0.05, 0) is 33.7 Å². The predicted octanol–water partition coefficient (Wildman–Crippen LogP) is 2.01. The number of hydrogen-bond donors (Lipinski definition) is 2. The van der Waals surface area contributed by atoms with Crippen molar-refractivity contribution in [3.05, 3.63) is 11.7 Å². The minimum Gasteiger partial charge on any atom is -0.344 e. The largest absolute Gasteiger partial charge is 0.344 e. The zero-order chi connectivity index (χ0) is 14.5. The van der Waals surface area contributed by atoms with E-state index in [1.165, 1.54) is 0 Å². The van der Waals surface area contributed by atoms with Gasteiger partial charge in [0.25, 0.3) is 0 Å². The minimum atomic E-state index is -0.228. The summed E-state index contributed by atoms with van der Waals surface area (Å²) in [5, 5.41) is 10.1. The molecule has 1 amide bonds. The first-order chi connectivity index (χ1) is 9.60. The van der Waals surface area contributed by atoms with E-state index in [1.807, 2.05) is 14.0 Å². The van der Waals surface area contributed by atoms with E-state index in [9.17, 15) is 4.79 Å². The molecule has 6 nitrogen and oxygen atoms in total. The Balaban J connectivity index is 0.00000220. The Kier molecular flexibility index (Phi) is 7.11. The molecule has 21 heavy (non-hydrogen) atoms. The molecule has 0 spiro atoms. The molecule has 2 unspecified atom stereocenters. The molecule has 2 rings (SSSR count). The van der Waals surface area contributed by atoms with Gasteiger partial charge in [0.15, 0.2) is 5.82 Å². The average molecular weight is 317 g/mol. The second kappa shape index (κ2) is 8.34. The summed E-state index contributed by atoms with van der Waals surface area (Å²) in [6, 6.07) is 0.0677. The monoisotopic (exact) mass is 316 g/mol. The van der Waals surface area contributed by atoms with Crippen molar-refractivity contribution >= 4 is 18.3 Å². The number of amides is 1. The number of nitrogens with one attached hydrogen (secondary N) is 2. The number of carbonyl (C=O) groups is 1. The van der Waals surface area contributed by atoms with Crippen LogP contribution in [0.1, 0.15) is 57.3 Å². The number of hydrogen-bond acceptors (Lipinski definition) is 5.